The zero-order valence-corrected chi connectivity index (χ0v) is 9.05. The Morgan fingerprint density at radius 3 is 2.86 bits per heavy atom. The third-order valence-electron chi connectivity index (χ3n) is 2.52. The topological polar surface area (TPSA) is 51.2 Å². The molecule has 0 saturated carbocycles. The Bertz CT molecular complexity index is 258. The van der Waals surface area contributed by atoms with Gasteiger partial charge in [-0.25, -0.2) is 0 Å². The first-order valence-electron chi connectivity index (χ1n) is 5.35. The van der Waals surface area contributed by atoms with Crippen LogP contribution in [0.1, 0.15) is 50.5 Å². The summed E-state index contributed by atoms with van der Waals surface area (Å²) in [5.41, 5.74) is 4.07. The van der Waals surface area contributed by atoms with Crippen molar-refractivity contribution < 1.29 is 4.42 Å². The molecule has 3 nitrogen and oxygen atoms in total. The molecule has 1 atom stereocenters. The van der Waals surface area contributed by atoms with Crippen LogP contribution < -0.4 is 11.3 Å². The van der Waals surface area contributed by atoms with Crippen molar-refractivity contribution in [3.05, 3.63) is 23.7 Å². The van der Waals surface area contributed by atoms with E-state index in [2.05, 4.69) is 19.3 Å². The van der Waals surface area contributed by atoms with Crippen LogP contribution in [0.4, 0.5) is 0 Å². The molecule has 0 amide bonds. The Labute approximate surface area is 85.6 Å². The summed E-state index contributed by atoms with van der Waals surface area (Å²) >= 11 is 0. The molecule has 0 radical (unpaired) electrons. The lowest BCUT2D eigenvalue weighted by atomic mass is 10.0. The minimum atomic E-state index is 0.239. The molecular weight excluding hydrogens is 176 g/mol. The van der Waals surface area contributed by atoms with E-state index < -0.39 is 0 Å². The standard InChI is InChI=1S/C11H20N2O/c1-3-5-6-10(13-12)9-7-8-14-11(9)4-2/h7-8,10,13H,3-6,12H2,1-2H3. The molecule has 0 bridgehead atoms. The second kappa shape index (κ2) is 5.83. The molecule has 14 heavy (non-hydrogen) atoms. The average molecular weight is 196 g/mol. The molecule has 1 aromatic rings. The number of hydrogen-bond acceptors (Lipinski definition) is 3. The van der Waals surface area contributed by atoms with Crippen molar-refractivity contribution in [3.8, 4) is 0 Å². The van der Waals surface area contributed by atoms with Crippen molar-refractivity contribution in [1.29, 1.82) is 0 Å². The summed E-state index contributed by atoms with van der Waals surface area (Å²) in [6.45, 7) is 4.28. The van der Waals surface area contributed by atoms with Gasteiger partial charge in [0.25, 0.3) is 0 Å². The number of nitrogens with one attached hydrogen (secondary N) is 1. The van der Waals surface area contributed by atoms with E-state index in [1.165, 1.54) is 18.4 Å². The van der Waals surface area contributed by atoms with Crippen molar-refractivity contribution in [2.75, 3.05) is 0 Å². The van der Waals surface area contributed by atoms with Crippen LogP contribution in [0.3, 0.4) is 0 Å². The molecular formula is C11H20N2O. The molecule has 80 valence electrons. The van der Waals surface area contributed by atoms with E-state index in [4.69, 9.17) is 10.3 Å². The number of nitrogens with two attached hydrogens (primary N) is 1. The molecule has 0 fully saturated rings. The first-order valence-corrected chi connectivity index (χ1v) is 5.35. The quantitative estimate of drug-likeness (QED) is 0.543. The molecule has 1 rings (SSSR count). The predicted molar refractivity (Wildman–Crippen MR) is 57.7 cm³/mol. The van der Waals surface area contributed by atoms with Gasteiger partial charge in [-0.15, -0.1) is 0 Å². The van der Waals surface area contributed by atoms with Gasteiger partial charge in [0.2, 0.25) is 0 Å². The minimum absolute atomic E-state index is 0.239. The van der Waals surface area contributed by atoms with Crippen LogP contribution in [-0.2, 0) is 6.42 Å². The molecule has 0 aliphatic rings. The molecule has 1 heterocycles. The van der Waals surface area contributed by atoms with E-state index in [9.17, 15) is 0 Å². The van der Waals surface area contributed by atoms with E-state index in [0.29, 0.717) is 0 Å². The van der Waals surface area contributed by atoms with Crippen molar-refractivity contribution in [2.45, 2.75) is 45.6 Å². The minimum Gasteiger partial charge on any atom is -0.469 e. The summed E-state index contributed by atoms with van der Waals surface area (Å²) in [4.78, 5) is 0. The molecule has 0 spiro atoms. The molecule has 3 N–H and O–H groups in total. The number of hydrazine groups is 1. The van der Waals surface area contributed by atoms with E-state index >= 15 is 0 Å². The second-order valence-corrected chi connectivity index (χ2v) is 3.51. The highest BCUT2D eigenvalue weighted by molar-refractivity contribution is 5.21. The Balaban J connectivity index is 2.67. The number of aryl methyl sites for hydroxylation is 1. The third-order valence-corrected chi connectivity index (χ3v) is 2.52. The van der Waals surface area contributed by atoms with Gasteiger partial charge < -0.3 is 4.42 Å². The lowest BCUT2D eigenvalue weighted by molar-refractivity contribution is 0.464. The average Bonchev–Trinajstić information content (AvgIpc) is 2.67. The van der Waals surface area contributed by atoms with E-state index in [-0.39, 0.29) is 6.04 Å². The maximum absolute atomic E-state index is 5.54. The summed E-state index contributed by atoms with van der Waals surface area (Å²) in [6.07, 6.45) is 6.11. The second-order valence-electron chi connectivity index (χ2n) is 3.51. The summed E-state index contributed by atoms with van der Waals surface area (Å²) in [7, 11) is 0. The van der Waals surface area contributed by atoms with Gasteiger partial charge in [0.15, 0.2) is 0 Å². The zero-order valence-electron chi connectivity index (χ0n) is 9.05. The molecule has 1 unspecified atom stereocenters. The Kier molecular flexibility index (Phi) is 4.70. The van der Waals surface area contributed by atoms with Gasteiger partial charge in [-0.1, -0.05) is 26.7 Å². The van der Waals surface area contributed by atoms with Crippen molar-refractivity contribution in [2.24, 2.45) is 5.84 Å². The maximum atomic E-state index is 5.54. The highest BCUT2D eigenvalue weighted by Gasteiger charge is 2.14. The first-order chi connectivity index (χ1) is 6.83. The molecule has 0 aromatic carbocycles. The van der Waals surface area contributed by atoms with Gasteiger partial charge in [0.1, 0.15) is 5.76 Å². The van der Waals surface area contributed by atoms with E-state index in [1.54, 1.807) is 6.26 Å². The molecule has 0 aliphatic carbocycles. The van der Waals surface area contributed by atoms with Crippen LogP contribution in [0.5, 0.6) is 0 Å². The van der Waals surface area contributed by atoms with E-state index in [1.807, 2.05) is 6.07 Å². The van der Waals surface area contributed by atoms with Crippen LogP contribution in [0.2, 0.25) is 0 Å². The van der Waals surface area contributed by atoms with Gasteiger partial charge in [-0.05, 0) is 12.5 Å². The fourth-order valence-corrected chi connectivity index (χ4v) is 1.69. The summed E-state index contributed by atoms with van der Waals surface area (Å²) in [5.74, 6) is 6.58. The fraction of sp³-hybridized carbons (Fsp3) is 0.636. The number of rotatable bonds is 6. The van der Waals surface area contributed by atoms with Gasteiger partial charge in [0.05, 0.1) is 6.26 Å². The van der Waals surface area contributed by atoms with Crippen molar-refractivity contribution in [3.63, 3.8) is 0 Å². The highest BCUT2D eigenvalue weighted by Crippen LogP contribution is 2.23. The van der Waals surface area contributed by atoms with Crippen LogP contribution in [-0.4, -0.2) is 0 Å². The van der Waals surface area contributed by atoms with Gasteiger partial charge >= 0.3 is 0 Å². The Morgan fingerprint density at radius 1 is 1.50 bits per heavy atom. The lowest BCUT2D eigenvalue weighted by Crippen LogP contribution is -2.28. The normalized spacial score (nSPS) is 13.1. The van der Waals surface area contributed by atoms with Gasteiger partial charge in [-0.3, -0.25) is 11.3 Å². The summed E-state index contributed by atoms with van der Waals surface area (Å²) in [6, 6.07) is 2.25. The fourth-order valence-electron chi connectivity index (χ4n) is 1.69. The lowest BCUT2D eigenvalue weighted by Gasteiger charge is -2.14. The SMILES string of the molecule is CCCCC(NN)c1ccoc1CC. The third kappa shape index (κ3) is 2.59. The van der Waals surface area contributed by atoms with E-state index in [0.717, 1.165) is 18.6 Å². The van der Waals surface area contributed by atoms with Crippen molar-refractivity contribution in [1.82, 2.24) is 5.43 Å². The largest absolute Gasteiger partial charge is 0.469 e. The Morgan fingerprint density at radius 2 is 2.29 bits per heavy atom. The maximum Gasteiger partial charge on any atom is 0.108 e. The van der Waals surface area contributed by atoms with Gasteiger partial charge in [-0.2, -0.15) is 0 Å². The number of furan rings is 1. The van der Waals surface area contributed by atoms with Crippen LogP contribution >= 0.6 is 0 Å². The summed E-state index contributed by atoms with van der Waals surface area (Å²) in [5, 5.41) is 0. The molecule has 3 heteroatoms. The van der Waals surface area contributed by atoms with Crippen molar-refractivity contribution >= 4 is 0 Å². The molecule has 1 aromatic heterocycles. The van der Waals surface area contributed by atoms with Crippen LogP contribution in [0.15, 0.2) is 16.7 Å². The smallest absolute Gasteiger partial charge is 0.108 e. The molecule has 0 aliphatic heterocycles. The highest BCUT2D eigenvalue weighted by atomic mass is 16.3. The molecule has 0 saturated heterocycles. The van der Waals surface area contributed by atoms with Gasteiger partial charge in [0, 0.05) is 18.0 Å². The number of hydrogen-bond donors (Lipinski definition) is 2. The van der Waals surface area contributed by atoms with Crippen LogP contribution in [0.25, 0.3) is 0 Å². The Hall–Kier alpha value is -0.800. The number of unbranched alkanes of at least 4 members (excludes halogenated alkanes) is 1. The first kappa shape index (κ1) is 11.3. The zero-order chi connectivity index (χ0) is 10.4. The summed E-state index contributed by atoms with van der Waals surface area (Å²) < 4.78 is 5.38. The predicted octanol–water partition coefficient (Wildman–Crippen LogP) is 2.54. The monoisotopic (exact) mass is 196 g/mol. The van der Waals surface area contributed by atoms with Crippen LogP contribution in [0, 0.1) is 0 Å².